The zero-order valence-corrected chi connectivity index (χ0v) is 14.8. The molecule has 0 saturated carbocycles. The third-order valence-corrected chi connectivity index (χ3v) is 4.98. The highest BCUT2D eigenvalue weighted by atomic mass is 16.5. The van der Waals surface area contributed by atoms with E-state index in [9.17, 15) is 4.79 Å². The number of benzene rings is 1. The topological polar surface area (TPSA) is 72.3 Å². The molecule has 1 unspecified atom stereocenters. The molecule has 1 aliphatic heterocycles. The van der Waals surface area contributed by atoms with Gasteiger partial charge in [-0.15, -0.1) is 0 Å². The minimum Gasteiger partial charge on any atom is -0.379 e. The van der Waals surface area contributed by atoms with Gasteiger partial charge in [0.2, 0.25) is 0 Å². The van der Waals surface area contributed by atoms with Gasteiger partial charge in [0, 0.05) is 30.7 Å². The molecule has 1 fully saturated rings. The molecule has 0 aliphatic carbocycles. The number of aromatic nitrogens is 3. The molecule has 134 valence electrons. The fourth-order valence-electron chi connectivity index (χ4n) is 3.04. The monoisotopic (exact) mass is 343 g/mol. The molecule has 1 aromatic carbocycles. The molecule has 7 heteroatoms. The molecule has 3 rings (SSSR count). The molecule has 2 heterocycles. The van der Waals surface area contributed by atoms with Crippen LogP contribution in [0.5, 0.6) is 0 Å². The second kappa shape index (κ2) is 7.76. The van der Waals surface area contributed by atoms with Gasteiger partial charge >= 0.3 is 0 Å². The van der Waals surface area contributed by atoms with Crippen LogP contribution in [0.4, 0.5) is 0 Å². The summed E-state index contributed by atoms with van der Waals surface area (Å²) in [5.41, 5.74) is 1.46. The van der Waals surface area contributed by atoms with Crippen molar-refractivity contribution in [2.75, 3.05) is 32.8 Å². The Balaban J connectivity index is 1.61. The Morgan fingerprint density at radius 2 is 2.00 bits per heavy atom. The summed E-state index contributed by atoms with van der Waals surface area (Å²) in [6.45, 7) is 8.31. The number of rotatable bonds is 6. The molecule has 1 aromatic heterocycles. The van der Waals surface area contributed by atoms with Gasteiger partial charge in [-0.25, -0.2) is 9.67 Å². The Morgan fingerprint density at radius 3 is 2.60 bits per heavy atom. The van der Waals surface area contributed by atoms with Crippen LogP contribution in [0.1, 0.15) is 30.6 Å². The third kappa shape index (κ3) is 4.05. The summed E-state index contributed by atoms with van der Waals surface area (Å²) in [5, 5.41) is 7.17. The molecule has 0 radical (unpaired) electrons. The zero-order chi connectivity index (χ0) is 17.7. The molecule has 2 aromatic rings. The smallest absolute Gasteiger partial charge is 0.251 e. The van der Waals surface area contributed by atoms with Crippen molar-refractivity contribution in [2.45, 2.75) is 25.8 Å². The zero-order valence-electron chi connectivity index (χ0n) is 14.8. The van der Waals surface area contributed by atoms with Crippen molar-refractivity contribution in [1.29, 1.82) is 0 Å². The lowest BCUT2D eigenvalue weighted by atomic mass is 9.95. The molecular formula is C18H25N5O2. The fraction of sp³-hybridized carbons (Fsp3) is 0.500. The number of carbonyl (C=O) groups is 1. The van der Waals surface area contributed by atoms with E-state index in [2.05, 4.69) is 34.1 Å². The summed E-state index contributed by atoms with van der Waals surface area (Å²) in [6, 6.07) is 7.35. The van der Waals surface area contributed by atoms with Gasteiger partial charge in [-0.05, 0) is 37.6 Å². The number of nitrogens with one attached hydrogen (secondary N) is 1. The van der Waals surface area contributed by atoms with Crippen LogP contribution < -0.4 is 5.32 Å². The largest absolute Gasteiger partial charge is 0.379 e. The number of hydrogen-bond acceptors (Lipinski definition) is 5. The number of ether oxygens (including phenoxy) is 1. The van der Waals surface area contributed by atoms with Crippen molar-refractivity contribution in [3.63, 3.8) is 0 Å². The standard InChI is InChI=1S/C18H25N5O2/c1-3-18(2,22-8-10-25-11-9-22)12-20-17(24)15-4-6-16(7-5-15)23-14-19-13-21-23/h4-7,13-14H,3,8-12H2,1-2H3,(H,20,24). The number of amides is 1. The Labute approximate surface area is 148 Å². The lowest BCUT2D eigenvalue weighted by Gasteiger charge is -2.43. The molecule has 1 N–H and O–H groups in total. The molecule has 0 bridgehead atoms. The van der Waals surface area contributed by atoms with Crippen LogP contribution >= 0.6 is 0 Å². The first-order valence-electron chi connectivity index (χ1n) is 8.68. The van der Waals surface area contributed by atoms with Crippen molar-refractivity contribution >= 4 is 5.91 Å². The number of carbonyl (C=O) groups excluding carboxylic acids is 1. The maximum Gasteiger partial charge on any atom is 0.251 e. The Bertz CT molecular complexity index is 680. The molecule has 1 amide bonds. The average molecular weight is 343 g/mol. The molecule has 0 spiro atoms. The van der Waals surface area contributed by atoms with Gasteiger partial charge in [0.25, 0.3) is 5.91 Å². The average Bonchev–Trinajstić information content (AvgIpc) is 3.21. The predicted molar refractivity (Wildman–Crippen MR) is 94.8 cm³/mol. The Kier molecular flexibility index (Phi) is 5.45. The van der Waals surface area contributed by atoms with E-state index in [-0.39, 0.29) is 11.4 Å². The van der Waals surface area contributed by atoms with E-state index in [4.69, 9.17) is 4.74 Å². The van der Waals surface area contributed by atoms with Gasteiger partial charge in [0.05, 0.1) is 18.9 Å². The van der Waals surface area contributed by atoms with Crippen molar-refractivity contribution in [3.05, 3.63) is 42.5 Å². The predicted octanol–water partition coefficient (Wildman–Crippen LogP) is 1.50. The normalized spacial score (nSPS) is 17.8. The highest BCUT2D eigenvalue weighted by Gasteiger charge is 2.31. The van der Waals surface area contributed by atoms with E-state index in [0.29, 0.717) is 12.1 Å². The second-order valence-electron chi connectivity index (χ2n) is 6.52. The van der Waals surface area contributed by atoms with Gasteiger partial charge in [0.1, 0.15) is 12.7 Å². The quantitative estimate of drug-likeness (QED) is 0.860. The van der Waals surface area contributed by atoms with Gasteiger partial charge in [-0.1, -0.05) is 6.92 Å². The van der Waals surface area contributed by atoms with Gasteiger partial charge in [0.15, 0.2) is 0 Å². The summed E-state index contributed by atoms with van der Waals surface area (Å²) in [5.74, 6) is -0.0573. The van der Waals surface area contributed by atoms with Crippen LogP contribution in [0.3, 0.4) is 0 Å². The molecular weight excluding hydrogens is 318 g/mol. The van der Waals surface area contributed by atoms with Crippen LogP contribution in [0, 0.1) is 0 Å². The lowest BCUT2D eigenvalue weighted by molar-refractivity contribution is -0.0169. The fourth-order valence-corrected chi connectivity index (χ4v) is 3.04. The molecule has 1 atom stereocenters. The van der Waals surface area contributed by atoms with E-state index in [0.717, 1.165) is 38.4 Å². The summed E-state index contributed by atoms with van der Waals surface area (Å²) in [7, 11) is 0. The van der Waals surface area contributed by atoms with Gasteiger partial charge in [-0.2, -0.15) is 5.10 Å². The van der Waals surface area contributed by atoms with Crippen LogP contribution in [0.2, 0.25) is 0 Å². The first-order chi connectivity index (χ1) is 12.1. The lowest BCUT2D eigenvalue weighted by Crippen LogP contribution is -2.56. The van der Waals surface area contributed by atoms with E-state index < -0.39 is 0 Å². The van der Waals surface area contributed by atoms with Gasteiger partial charge in [-0.3, -0.25) is 9.69 Å². The second-order valence-corrected chi connectivity index (χ2v) is 6.52. The van der Waals surface area contributed by atoms with Crippen molar-refractivity contribution in [2.24, 2.45) is 0 Å². The maximum absolute atomic E-state index is 12.5. The SMILES string of the molecule is CCC(C)(CNC(=O)c1ccc(-n2cncn2)cc1)N1CCOCC1. The summed E-state index contributed by atoms with van der Waals surface area (Å²) < 4.78 is 7.10. The van der Waals surface area contributed by atoms with E-state index in [1.165, 1.54) is 6.33 Å². The summed E-state index contributed by atoms with van der Waals surface area (Å²) in [4.78, 5) is 18.8. The van der Waals surface area contributed by atoms with Crippen molar-refractivity contribution in [1.82, 2.24) is 25.0 Å². The maximum atomic E-state index is 12.5. The van der Waals surface area contributed by atoms with E-state index >= 15 is 0 Å². The Hall–Kier alpha value is -2.25. The number of nitrogens with zero attached hydrogens (tertiary/aromatic N) is 4. The van der Waals surface area contributed by atoms with Gasteiger partial charge < -0.3 is 10.1 Å². The van der Waals surface area contributed by atoms with Crippen LogP contribution in [-0.4, -0.2) is 64.0 Å². The molecule has 1 aliphatic rings. The first-order valence-corrected chi connectivity index (χ1v) is 8.68. The van der Waals surface area contributed by atoms with Crippen LogP contribution in [0.25, 0.3) is 5.69 Å². The molecule has 25 heavy (non-hydrogen) atoms. The van der Waals surface area contributed by atoms with Crippen LogP contribution in [-0.2, 0) is 4.74 Å². The van der Waals surface area contributed by atoms with E-state index in [1.54, 1.807) is 11.0 Å². The highest BCUT2D eigenvalue weighted by Crippen LogP contribution is 2.20. The summed E-state index contributed by atoms with van der Waals surface area (Å²) in [6.07, 6.45) is 4.08. The Morgan fingerprint density at radius 1 is 1.28 bits per heavy atom. The number of morpholine rings is 1. The molecule has 7 nitrogen and oxygen atoms in total. The number of hydrogen-bond donors (Lipinski definition) is 1. The highest BCUT2D eigenvalue weighted by molar-refractivity contribution is 5.94. The third-order valence-electron chi connectivity index (χ3n) is 4.98. The van der Waals surface area contributed by atoms with E-state index in [1.807, 2.05) is 24.3 Å². The summed E-state index contributed by atoms with van der Waals surface area (Å²) >= 11 is 0. The van der Waals surface area contributed by atoms with Crippen molar-refractivity contribution < 1.29 is 9.53 Å². The van der Waals surface area contributed by atoms with Crippen LogP contribution in [0.15, 0.2) is 36.9 Å². The molecule has 1 saturated heterocycles. The minimum atomic E-state index is -0.0573. The minimum absolute atomic E-state index is 0.0554. The van der Waals surface area contributed by atoms with Crippen molar-refractivity contribution in [3.8, 4) is 5.69 Å². The first kappa shape index (κ1) is 17.6.